The van der Waals surface area contributed by atoms with Crippen molar-refractivity contribution in [2.75, 3.05) is 6.16 Å². The number of hydrogen-bond acceptors (Lipinski definition) is 0. The second-order valence-electron chi connectivity index (χ2n) is 7.19. The van der Waals surface area contributed by atoms with E-state index >= 15 is 0 Å². The topological polar surface area (TPSA) is 0 Å². The van der Waals surface area contributed by atoms with Crippen LogP contribution in [0.15, 0.2) is 121 Å². The summed E-state index contributed by atoms with van der Waals surface area (Å²) in [5.74, 6) is 0. The van der Waals surface area contributed by atoms with Gasteiger partial charge in [-0.05, 0) is 24.7 Å². The summed E-state index contributed by atoms with van der Waals surface area (Å²) in [5.41, 5.74) is 0. The fourth-order valence-electron chi connectivity index (χ4n) is 3.63. The summed E-state index contributed by atoms with van der Waals surface area (Å²) in [6.07, 6.45) is 6.16. The Morgan fingerprint density at radius 3 is 1.25 bits per heavy atom. The summed E-state index contributed by atoms with van der Waals surface area (Å²) in [6, 6.07) is 44.0. The summed E-state index contributed by atoms with van der Waals surface area (Å²) >= 11 is 5.35. The zero-order valence-corrected chi connectivity index (χ0v) is 22.8. The SMILES string of the molecule is [Br][Pd+].c1ccc(P([CH-]CCCP(c2ccccc2)c2ccccc2)c2ccccc2)cc1. The van der Waals surface area contributed by atoms with Crippen molar-refractivity contribution in [3.63, 3.8) is 0 Å². The van der Waals surface area contributed by atoms with Crippen LogP contribution < -0.4 is 21.2 Å². The van der Waals surface area contributed by atoms with Gasteiger partial charge in [-0.3, -0.25) is 6.16 Å². The Morgan fingerprint density at radius 1 is 0.531 bits per heavy atom. The Labute approximate surface area is 213 Å². The van der Waals surface area contributed by atoms with E-state index in [1.54, 1.807) is 0 Å². The molecule has 4 heteroatoms. The predicted octanol–water partition coefficient (Wildman–Crippen LogP) is 7.04. The molecule has 166 valence electrons. The van der Waals surface area contributed by atoms with Crippen LogP contribution >= 0.6 is 29.3 Å². The minimum absolute atomic E-state index is 0.303. The molecule has 0 nitrogen and oxygen atoms in total. The molecule has 0 fully saturated rings. The molecule has 0 spiro atoms. The molecule has 32 heavy (non-hydrogen) atoms. The first-order valence-corrected chi connectivity index (χ1v) is 17.1. The van der Waals surface area contributed by atoms with Crippen LogP contribution in [-0.4, -0.2) is 6.16 Å². The molecule has 4 aromatic rings. The number of rotatable bonds is 9. The van der Waals surface area contributed by atoms with Crippen molar-refractivity contribution in [1.29, 1.82) is 0 Å². The first-order chi connectivity index (χ1) is 15.9. The van der Waals surface area contributed by atoms with E-state index < -0.39 is 7.92 Å². The van der Waals surface area contributed by atoms with Crippen molar-refractivity contribution in [1.82, 2.24) is 0 Å². The van der Waals surface area contributed by atoms with Gasteiger partial charge in [-0.1, -0.05) is 138 Å². The molecule has 0 heterocycles. The Kier molecular flexibility index (Phi) is 11.9. The standard InChI is InChI=1S/C28H27P2.BrH.Pd/c1-5-15-25(16-6-1)29(26-17-7-2-8-18-26)23-13-14-24-30(27-19-9-3-10-20-27)28-21-11-4-12-22-28;;/h1-12,15-23H,13-14,24H2;1H;/q-1;;+2/p-1. The Balaban J connectivity index is 0.00000141. The van der Waals surface area contributed by atoms with E-state index in [1.807, 2.05) is 0 Å². The Bertz CT molecular complexity index is 835. The van der Waals surface area contributed by atoms with Crippen LogP contribution in [0, 0.1) is 6.16 Å². The van der Waals surface area contributed by atoms with Gasteiger partial charge >= 0.3 is 30.6 Å². The van der Waals surface area contributed by atoms with E-state index in [-0.39, 0.29) is 7.92 Å². The summed E-state index contributed by atoms with van der Waals surface area (Å²) in [6.45, 7) is 0. The molecule has 0 saturated heterocycles. The van der Waals surface area contributed by atoms with Gasteiger partial charge in [0.1, 0.15) is 0 Å². The molecule has 0 aliphatic heterocycles. The van der Waals surface area contributed by atoms with Gasteiger partial charge in [-0.15, -0.1) is 0 Å². The van der Waals surface area contributed by atoms with Gasteiger partial charge < -0.3 is 0 Å². The molecule has 0 saturated carbocycles. The maximum Gasteiger partial charge on any atom is -0.0195 e. The van der Waals surface area contributed by atoms with E-state index in [2.05, 4.69) is 158 Å². The van der Waals surface area contributed by atoms with Crippen molar-refractivity contribution in [3.8, 4) is 0 Å². The number of halogens is 1. The molecule has 0 atom stereocenters. The van der Waals surface area contributed by atoms with E-state index in [0.29, 0.717) is 0 Å². The fourth-order valence-corrected chi connectivity index (χ4v) is 8.15. The zero-order valence-electron chi connectivity index (χ0n) is 17.8. The normalized spacial score (nSPS) is 10.7. The zero-order chi connectivity index (χ0) is 22.4. The van der Waals surface area contributed by atoms with E-state index in [9.17, 15) is 0 Å². The third kappa shape index (κ3) is 7.73. The summed E-state index contributed by atoms with van der Waals surface area (Å²) in [7, 11) is -0.711. The molecule has 0 unspecified atom stereocenters. The van der Waals surface area contributed by atoms with Crippen molar-refractivity contribution >= 4 is 50.5 Å². The molecule has 0 aliphatic rings. The van der Waals surface area contributed by atoms with Crippen LogP contribution in [0.25, 0.3) is 0 Å². The fraction of sp³-hybridized carbons (Fsp3) is 0.107. The summed E-state index contributed by atoms with van der Waals surface area (Å²) < 4.78 is 0. The van der Waals surface area contributed by atoms with Crippen LogP contribution in [-0.2, 0) is 17.2 Å². The third-order valence-electron chi connectivity index (χ3n) is 5.10. The average Bonchev–Trinajstić information content (AvgIpc) is 2.89. The summed E-state index contributed by atoms with van der Waals surface area (Å²) in [5, 5.41) is 5.83. The second-order valence-corrected chi connectivity index (χ2v) is 11.7. The number of hydrogen-bond donors (Lipinski definition) is 0. The quantitative estimate of drug-likeness (QED) is 0.0825. The number of benzene rings is 4. The minimum Gasteiger partial charge on any atom is -0.294 e. The molecule has 0 bridgehead atoms. The van der Waals surface area contributed by atoms with Gasteiger partial charge in [-0.2, -0.15) is 6.42 Å². The molecule has 0 amide bonds. The minimum atomic E-state index is -0.408. The van der Waals surface area contributed by atoms with Crippen molar-refractivity contribution in [3.05, 3.63) is 127 Å². The monoisotopic (exact) mass is 610 g/mol. The molecule has 0 aromatic heterocycles. The van der Waals surface area contributed by atoms with Gasteiger partial charge in [0.2, 0.25) is 0 Å². The van der Waals surface area contributed by atoms with Crippen LogP contribution in [0.3, 0.4) is 0 Å². The third-order valence-corrected chi connectivity index (χ3v) is 10.0. The molecule has 0 N–H and O–H groups in total. The molecular formula is C28H27BrP2Pd. The predicted molar refractivity (Wildman–Crippen MR) is 145 cm³/mol. The van der Waals surface area contributed by atoms with Crippen LogP contribution in [0.5, 0.6) is 0 Å². The summed E-state index contributed by atoms with van der Waals surface area (Å²) in [4.78, 5) is 0. The molecule has 4 rings (SSSR count). The van der Waals surface area contributed by atoms with Gasteiger partial charge in [0, 0.05) is 0 Å². The molecular weight excluding hydrogens is 585 g/mol. The number of unbranched alkanes of at least 4 members (excludes halogenated alkanes) is 1. The Hall–Kier alpha value is -1.12. The van der Waals surface area contributed by atoms with E-state index in [0.717, 1.165) is 6.42 Å². The first-order valence-electron chi connectivity index (χ1n) is 10.6. The van der Waals surface area contributed by atoms with Gasteiger partial charge in [0.25, 0.3) is 0 Å². The average molecular weight is 612 g/mol. The van der Waals surface area contributed by atoms with Gasteiger partial charge in [0.05, 0.1) is 0 Å². The van der Waals surface area contributed by atoms with Crippen LogP contribution in [0.1, 0.15) is 12.8 Å². The molecule has 4 aromatic carbocycles. The van der Waals surface area contributed by atoms with Crippen molar-refractivity contribution in [2.45, 2.75) is 12.8 Å². The van der Waals surface area contributed by atoms with Crippen LogP contribution in [0.4, 0.5) is 0 Å². The second kappa shape index (κ2) is 14.9. The van der Waals surface area contributed by atoms with E-state index in [1.165, 1.54) is 33.8 Å². The first kappa shape index (κ1) is 25.5. The van der Waals surface area contributed by atoms with E-state index in [4.69, 9.17) is 0 Å². The van der Waals surface area contributed by atoms with Gasteiger partial charge in [0.15, 0.2) is 0 Å². The maximum atomic E-state index is 2.79. The van der Waals surface area contributed by atoms with Crippen molar-refractivity contribution in [2.24, 2.45) is 0 Å². The molecule has 0 aliphatic carbocycles. The van der Waals surface area contributed by atoms with Crippen molar-refractivity contribution < 1.29 is 17.2 Å². The molecule has 0 radical (unpaired) electrons. The largest absolute Gasteiger partial charge is 0.294 e. The van der Waals surface area contributed by atoms with Gasteiger partial charge in [-0.25, -0.2) is 7.92 Å². The maximum absolute atomic E-state index is 2.79. The smallest absolute Gasteiger partial charge is 0.0195 e. The Morgan fingerprint density at radius 2 is 0.875 bits per heavy atom. The van der Waals surface area contributed by atoms with Crippen LogP contribution in [0.2, 0.25) is 0 Å².